The van der Waals surface area contributed by atoms with Gasteiger partial charge in [0.2, 0.25) is 0 Å². The van der Waals surface area contributed by atoms with Crippen molar-refractivity contribution in [3.8, 4) is 0 Å². The molecule has 30 heavy (non-hydrogen) atoms. The van der Waals surface area contributed by atoms with Gasteiger partial charge in [-0.3, -0.25) is 0 Å². The third kappa shape index (κ3) is 7.85. The minimum atomic E-state index is -0.289. The minimum Gasteiger partial charge on any atom is -0.335 e. The summed E-state index contributed by atoms with van der Waals surface area (Å²) in [5, 5.41) is 1.32. The summed E-state index contributed by atoms with van der Waals surface area (Å²) in [6.45, 7) is 5.51. The molecule has 0 aliphatic rings. The molecule has 0 unspecified atom stereocenters. The molecule has 0 aliphatic carbocycles. The number of halogens is 2. The van der Waals surface area contributed by atoms with Crippen LogP contribution in [-0.4, -0.2) is 17.4 Å². The van der Waals surface area contributed by atoms with E-state index in [1.165, 1.54) is 44.2 Å². The maximum absolute atomic E-state index is 6.15. The van der Waals surface area contributed by atoms with Crippen LogP contribution in [0.2, 0.25) is 10.0 Å². The smallest absolute Gasteiger partial charge is 0.0948 e. The molecule has 5 heteroatoms. The average molecular weight is 441 g/mol. The Morgan fingerprint density at radius 2 is 1.40 bits per heavy atom. The average Bonchev–Trinajstić information content (AvgIpc) is 3.16. The highest BCUT2D eigenvalue weighted by atomic mass is 35.5. The number of hydrogen-bond donors (Lipinski definition) is 0. The van der Waals surface area contributed by atoms with Gasteiger partial charge >= 0.3 is 0 Å². The van der Waals surface area contributed by atoms with Crippen molar-refractivity contribution in [1.29, 1.82) is 0 Å². The largest absolute Gasteiger partial charge is 0.335 e. The molecule has 158 valence electrons. The lowest BCUT2D eigenvalue weighted by Crippen LogP contribution is -2.01. The van der Waals surface area contributed by atoms with Gasteiger partial charge < -0.3 is 4.57 Å². The Kier molecular flexibility index (Phi) is 11.1. The Balaban J connectivity index is 0.000000216. The van der Waals surface area contributed by atoms with Crippen LogP contribution in [0.4, 0.5) is 0 Å². The first-order valence-electron chi connectivity index (χ1n) is 10.8. The van der Waals surface area contributed by atoms with E-state index in [1.807, 2.05) is 61.1 Å². The first-order chi connectivity index (χ1) is 14.5. The van der Waals surface area contributed by atoms with E-state index in [-0.39, 0.29) is 5.82 Å². The number of rotatable bonds is 9. The van der Waals surface area contributed by atoms with Gasteiger partial charge in [-0.15, -0.1) is 0 Å². The van der Waals surface area contributed by atoms with Crippen LogP contribution >= 0.6 is 23.2 Å². The monoisotopic (exact) mass is 440 g/mol. The van der Waals surface area contributed by atoms with Crippen molar-refractivity contribution in [1.82, 2.24) is 9.55 Å². The fraction of sp³-hybridized carbons (Fsp3) is 0.400. The molecule has 0 aliphatic heterocycles. The lowest BCUT2D eigenvalue weighted by Gasteiger charge is -2.15. The van der Waals surface area contributed by atoms with Gasteiger partial charge in [-0.2, -0.15) is 0 Å². The molecule has 0 spiro atoms. The van der Waals surface area contributed by atoms with Crippen molar-refractivity contribution in [2.75, 3.05) is 0 Å². The van der Waals surface area contributed by atoms with Gasteiger partial charge in [0.1, 0.15) is 0 Å². The van der Waals surface area contributed by atoms with Crippen molar-refractivity contribution in [2.45, 2.75) is 64.7 Å². The van der Waals surface area contributed by atoms with E-state index in [0.717, 1.165) is 17.7 Å². The zero-order valence-electron chi connectivity index (χ0n) is 18.0. The van der Waals surface area contributed by atoms with Gasteiger partial charge in [-0.25, -0.2) is 4.98 Å². The first-order valence-corrected chi connectivity index (χ1v) is 11.5. The highest BCUT2D eigenvalue weighted by Gasteiger charge is 2.13. The molecular weight excluding hydrogens is 410 g/mol. The van der Waals surface area contributed by atoms with E-state index in [9.17, 15) is 0 Å². The third-order valence-electron chi connectivity index (χ3n) is 5.15. The number of aromatic nitrogens is 2. The molecule has 0 saturated carbocycles. The second-order valence-corrected chi connectivity index (χ2v) is 8.33. The summed E-state index contributed by atoms with van der Waals surface area (Å²) in [7, 11) is 6.15. The van der Waals surface area contributed by atoms with Crippen LogP contribution in [0, 0.1) is 6.92 Å². The minimum absolute atomic E-state index is 0.289. The zero-order valence-corrected chi connectivity index (χ0v) is 19.5. The SMILES string of the molecule is CCCCCCCCn1cncc1C.[B]C(c1ccccc1Cl)c1ccccc1Cl. The van der Waals surface area contributed by atoms with Crippen LogP contribution in [0.1, 0.15) is 68.1 Å². The van der Waals surface area contributed by atoms with Crippen LogP contribution in [0.5, 0.6) is 0 Å². The molecule has 2 nitrogen and oxygen atoms in total. The maximum Gasteiger partial charge on any atom is 0.0948 e. The molecule has 0 amide bonds. The van der Waals surface area contributed by atoms with Gasteiger partial charge in [0.15, 0.2) is 0 Å². The van der Waals surface area contributed by atoms with Crippen molar-refractivity contribution in [3.05, 3.63) is 87.9 Å². The molecular formula is C25H31BCl2N2. The molecule has 0 atom stereocenters. The number of hydrogen-bond acceptors (Lipinski definition) is 1. The molecule has 2 aromatic carbocycles. The Morgan fingerprint density at radius 3 is 1.90 bits per heavy atom. The van der Waals surface area contributed by atoms with Crippen molar-refractivity contribution in [2.24, 2.45) is 0 Å². The molecule has 2 radical (unpaired) electrons. The Labute approximate surface area is 193 Å². The summed E-state index contributed by atoms with van der Waals surface area (Å²) in [6.07, 6.45) is 12.0. The second kappa shape index (κ2) is 13.6. The van der Waals surface area contributed by atoms with E-state index >= 15 is 0 Å². The van der Waals surface area contributed by atoms with Crippen molar-refractivity contribution in [3.63, 3.8) is 0 Å². The number of nitrogens with zero attached hydrogens (tertiary/aromatic N) is 2. The number of unbranched alkanes of at least 4 members (excludes halogenated alkanes) is 5. The number of aryl methyl sites for hydroxylation is 2. The number of imidazole rings is 1. The molecule has 3 rings (SSSR count). The number of benzene rings is 2. The molecule has 1 aromatic heterocycles. The fourth-order valence-electron chi connectivity index (χ4n) is 3.31. The van der Waals surface area contributed by atoms with E-state index in [0.29, 0.717) is 10.0 Å². The van der Waals surface area contributed by atoms with Crippen LogP contribution in [-0.2, 0) is 6.54 Å². The first kappa shape index (κ1) is 24.6. The summed E-state index contributed by atoms with van der Waals surface area (Å²) in [5.74, 6) is -0.289. The highest BCUT2D eigenvalue weighted by molar-refractivity contribution is 6.34. The van der Waals surface area contributed by atoms with Gasteiger partial charge in [0.25, 0.3) is 0 Å². The fourth-order valence-corrected chi connectivity index (χ4v) is 3.81. The molecule has 3 aromatic rings. The summed E-state index contributed by atoms with van der Waals surface area (Å²) >= 11 is 12.2. The predicted octanol–water partition coefficient (Wildman–Crippen LogP) is 7.80. The molecule has 0 fully saturated rings. The van der Waals surface area contributed by atoms with E-state index in [4.69, 9.17) is 31.0 Å². The summed E-state index contributed by atoms with van der Waals surface area (Å²) in [5.41, 5.74) is 3.05. The Morgan fingerprint density at radius 1 is 0.867 bits per heavy atom. The maximum atomic E-state index is 6.15. The topological polar surface area (TPSA) is 17.8 Å². The normalized spacial score (nSPS) is 10.7. The second-order valence-electron chi connectivity index (χ2n) is 7.52. The van der Waals surface area contributed by atoms with Gasteiger partial charge in [0.05, 0.1) is 14.2 Å². The van der Waals surface area contributed by atoms with Crippen LogP contribution in [0.3, 0.4) is 0 Å². The van der Waals surface area contributed by atoms with Crippen LogP contribution < -0.4 is 0 Å². The summed E-state index contributed by atoms with van der Waals surface area (Å²) in [6, 6.07) is 15.1. The van der Waals surface area contributed by atoms with Crippen LogP contribution in [0.15, 0.2) is 61.1 Å². The quantitative estimate of drug-likeness (QED) is 0.245. The Hall–Kier alpha value is -1.71. The van der Waals surface area contributed by atoms with Gasteiger partial charge in [0, 0.05) is 28.5 Å². The lowest BCUT2D eigenvalue weighted by molar-refractivity contribution is 0.552. The van der Waals surface area contributed by atoms with Crippen molar-refractivity contribution < 1.29 is 0 Å². The van der Waals surface area contributed by atoms with E-state index in [2.05, 4.69) is 23.4 Å². The molecule has 1 heterocycles. The van der Waals surface area contributed by atoms with Crippen LogP contribution in [0.25, 0.3) is 0 Å². The predicted molar refractivity (Wildman–Crippen MR) is 131 cm³/mol. The van der Waals surface area contributed by atoms with E-state index < -0.39 is 0 Å². The highest BCUT2D eigenvalue weighted by Crippen LogP contribution is 2.31. The summed E-state index contributed by atoms with van der Waals surface area (Å²) in [4.78, 5) is 4.11. The Bertz CT molecular complexity index is 833. The van der Waals surface area contributed by atoms with Gasteiger partial charge in [-0.05, 0) is 42.4 Å². The van der Waals surface area contributed by atoms with Crippen molar-refractivity contribution >= 4 is 31.0 Å². The zero-order chi connectivity index (χ0) is 21.8. The lowest BCUT2D eigenvalue weighted by atomic mass is 9.76. The summed E-state index contributed by atoms with van der Waals surface area (Å²) < 4.78 is 2.24. The van der Waals surface area contributed by atoms with E-state index in [1.54, 1.807) is 0 Å². The molecule has 0 N–H and O–H groups in total. The standard InChI is InChI=1S/C13H9BCl2.C12H22N2/c14-13(9-5-1-3-7-11(9)15)10-6-2-4-8-12(10)16;1-3-4-5-6-7-8-9-14-11-13-10-12(14)2/h1-8,13H;10-11H,3-9H2,1-2H3. The van der Waals surface area contributed by atoms with Gasteiger partial charge in [-0.1, -0.05) is 98.6 Å². The molecule has 0 bridgehead atoms. The molecule has 0 saturated heterocycles. The third-order valence-corrected chi connectivity index (χ3v) is 5.84.